The predicted octanol–water partition coefficient (Wildman–Crippen LogP) is 1.27. The van der Waals surface area contributed by atoms with Crippen molar-refractivity contribution in [3.63, 3.8) is 0 Å². The van der Waals surface area contributed by atoms with Gasteiger partial charge in [-0.3, -0.25) is 19.9 Å². The van der Waals surface area contributed by atoms with E-state index >= 15 is 0 Å². The number of nitro groups is 1. The number of hydrogen-bond donors (Lipinski definition) is 0. The summed E-state index contributed by atoms with van der Waals surface area (Å²) in [5.41, 5.74) is 0.678. The van der Waals surface area contributed by atoms with Crippen LogP contribution in [0.3, 0.4) is 0 Å². The predicted molar refractivity (Wildman–Crippen MR) is 53.8 cm³/mol. The van der Waals surface area contributed by atoms with Crippen LogP contribution in [0.2, 0.25) is 0 Å². The molecule has 6 nitrogen and oxygen atoms in total. The largest absolute Gasteiger partial charge is 0.469 e. The second-order valence-electron chi connectivity index (χ2n) is 3.71. The van der Waals surface area contributed by atoms with Gasteiger partial charge in [-0.1, -0.05) is 0 Å². The van der Waals surface area contributed by atoms with Crippen LogP contribution in [0.25, 0.3) is 0 Å². The van der Waals surface area contributed by atoms with Crippen LogP contribution in [0.5, 0.6) is 0 Å². The number of carbonyl (C=O) groups is 1. The van der Waals surface area contributed by atoms with Crippen LogP contribution in [0.4, 0.5) is 5.69 Å². The molecule has 0 aromatic carbocycles. The van der Waals surface area contributed by atoms with Gasteiger partial charge < -0.3 is 4.74 Å². The summed E-state index contributed by atoms with van der Waals surface area (Å²) in [6, 6.07) is 1.46. The highest BCUT2D eigenvalue weighted by atomic mass is 16.6. The summed E-state index contributed by atoms with van der Waals surface area (Å²) in [6.07, 6.45) is 3.43. The average molecular weight is 222 g/mol. The number of hydrogen-bond acceptors (Lipinski definition) is 5. The molecule has 1 saturated carbocycles. The highest BCUT2D eigenvalue weighted by Gasteiger charge is 2.45. The molecule has 0 amide bonds. The van der Waals surface area contributed by atoms with Crippen molar-refractivity contribution in [2.45, 2.75) is 12.3 Å². The van der Waals surface area contributed by atoms with Crippen molar-refractivity contribution in [3.05, 3.63) is 34.1 Å². The molecular weight excluding hydrogens is 212 g/mol. The SMILES string of the molecule is COC(=O)[C@H]1C[C@@H]1c1cncc([N+](=O)[O-])c1. The topological polar surface area (TPSA) is 82.3 Å². The third kappa shape index (κ3) is 1.86. The zero-order valence-corrected chi connectivity index (χ0v) is 8.62. The van der Waals surface area contributed by atoms with Crippen molar-refractivity contribution in [1.82, 2.24) is 4.98 Å². The van der Waals surface area contributed by atoms with E-state index in [-0.39, 0.29) is 23.5 Å². The number of aromatic nitrogens is 1. The highest BCUT2D eigenvalue weighted by Crippen LogP contribution is 2.48. The lowest BCUT2D eigenvalue weighted by atomic mass is 10.1. The Morgan fingerprint density at radius 1 is 1.62 bits per heavy atom. The van der Waals surface area contributed by atoms with E-state index in [0.717, 1.165) is 5.56 Å². The first-order valence-electron chi connectivity index (χ1n) is 4.80. The molecule has 1 fully saturated rings. The Hall–Kier alpha value is -1.98. The van der Waals surface area contributed by atoms with Gasteiger partial charge in [0.05, 0.1) is 18.0 Å². The first-order chi connectivity index (χ1) is 7.63. The molecule has 0 unspecified atom stereocenters. The fourth-order valence-corrected chi connectivity index (χ4v) is 1.72. The Bertz CT molecular complexity index is 446. The van der Waals surface area contributed by atoms with E-state index in [1.54, 1.807) is 6.20 Å². The minimum Gasteiger partial charge on any atom is -0.469 e. The summed E-state index contributed by atoms with van der Waals surface area (Å²) in [5.74, 6) is -0.426. The van der Waals surface area contributed by atoms with E-state index < -0.39 is 4.92 Å². The molecule has 1 aromatic heterocycles. The van der Waals surface area contributed by atoms with E-state index in [4.69, 9.17) is 0 Å². The first-order valence-corrected chi connectivity index (χ1v) is 4.80. The van der Waals surface area contributed by atoms with Crippen molar-refractivity contribution in [2.24, 2.45) is 5.92 Å². The van der Waals surface area contributed by atoms with E-state index in [2.05, 4.69) is 9.72 Å². The van der Waals surface area contributed by atoms with Crippen LogP contribution in [0.15, 0.2) is 18.5 Å². The summed E-state index contributed by atoms with van der Waals surface area (Å²) in [6.45, 7) is 0. The van der Waals surface area contributed by atoms with Gasteiger partial charge in [0.25, 0.3) is 5.69 Å². The van der Waals surface area contributed by atoms with Crippen LogP contribution in [0, 0.1) is 16.0 Å². The summed E-state index contributed by atoms with van der Waals surface area (Å²) >= 11 is 0. The average Bonchev–Trinajstić information content (AvgIpc) is 3.08. The van der Waals surface area contributed by atoms with Crippen LogP contribution >= 0.6 is 0 Å². The third-order valence-corrected chi connectivity index (χ3v) is 2.68. The number of ether oxygens (including phenoxy) is 1. The zero-order chi connectivity index (χ0) is 11.7. The molecule has 6 heteroatoms. The smallest absolute Gasteiger partial charge is 0.309 e. The minimum atomic E-state index is -0.494. The number of rotatable bonds is 3. The van der Waals surface area contributed by atoms with Gasteiger partial charge in [0, 0.05) is 12.3 Å². The molecule has 0 saturated heterocycles. The number of pyridine rings is 1. The van der Waals surface area contributed by atoms with Gasteiger partial charge in [0.15, 0.2) is 0 Å². The standard InChI is InChI=1S/C10H10N2O4/c1-16-10(13)9-3-8(9)6-2-7(12(14)15)5-11-4-6/h2,4-5,8-9H,3H2,1H3/t8-,9+/m1/s1. The first kappa shape index (κ1) is 10.5. The Morgan fingerprint density at radius 2 is 2.38 bits per heavy atom. The maximum Gasteiger partial charge on any atom is 0.309 e. The molecule has 1 heterocycles. The molecule has 0 spiro atoms. The van der Waals surface area contributed by atoms with Crippen molar-refractivity contribution < 1.29 is 14.5 Å². The van der Waals surface area contributed by atoms with Crippen LogP contribution < -0.4 is 0 Å². The lowest BCUT2D eigenvalue weighted by molar-refractivity contribution is -0.385. The van der Waals surface area contributed by atoms with E-state index in [0.29, 0.717) is 6.42 Å². The van der Waals surface area contributed by atoms with Crippen molar-refractivity contribution in [2.75, 3.05) is 7.11 Å². The van der Waals surface area contributed by atoms with Gasteiger partial charge >= 0.3 is 5.97 Å². The van der Waals surface area contributed by atoms with E-state index in [9.17, 15) is 14.9 Å². The lowest BCUT2D eigenvalue weighted by Crippen LogP contribution is -2.04. The highest BCUT2D eigenvalue weighted by molar-refractivity contribution is 5.77. The Kier molecular flexibility index (Phi) is 2.55. The van der Waals surface area contributed by atoms with E-state index in [1.807, 2.05) is 0 Å². The molecule has 1 aliphatic rings. The second kappa shape index (κ2) is 3.88. The van der Waals surface area contributed by atoms with Gasteiger partial charge in [0.1, 0.15) is 6.20 Å². The van der Waals surface area contributed by atoms with Crippen LogP contribution in [-0.2, 0) is 9.53 Å². The van der Waals surface area contributed by atoms with E-state index in [1.165, 1.54) is 19.4 Å². The fourth-order valence-electron chi connectivity index (χ4n) is 1.72. The van der Waals surface area contributed by atoms with Gasteiger partial charge in [-0.25, -0.2) is 0 Å². The van der Waals surface area contributed by atoms with Crippen molar-refractivity contribution in [1.29, 1.82) is 0 Å². The zero-order valence-electron chi connectivity index (χ0n) is 8.62. The molecule has 0 N–H and O–H groups in total. The minimum absolute atomic E-state index is 0.0137. The molecule has 84 valence electrons. The number of nitrogens with zero attached hydrogens (tertiary/aromatic N) is 2. The van der Waals surface area contributed by atoms with Gasteiger partial charge in [-0.2, -0.15) is 0 Å². The Balaban J connectivity index is 2.15. The molecule has 0 aliphatic heterocycles. The maximum absolute atomic E-state index is 11.2. The molecule has 2 atom stereocenters. The quantitative estimate of drug-likeness (QED) is 0.437. The van der Waals surface area contributed by atoms with Crippen LogP contribution in [0.1, 0.15) is 17.9 Å². The molecule has 2 rings (SSSR count). The molecule has 1 aliphatic carbocycles. The summed E-state index contributed by atoms with van der Waals surface area (Å²) in [5, 5.41) is 10.5. The lowest BCUT2D eigenvalue weighted by Gasteiger charge is -1.99. The van der Waals surface area contributed by atoms with Gasteiger partial charge in [0.2, 0.25) is 0 Å². The third-order valence-electron chi connectivity index (χ3n) is 2.68. The van der Waals surface area contributed by atoms with Gasteiger partial charge in [-0.05, 0) is 17.9 Å². The van der Waals surface area contributed by atoms with Crippen molar-refractivity contribution >= 4 is 11.7 Å². The molecule has 16 heavy (non-hydrogen) atoms. The normalized spacial score (nSPS) is 22.6. The number of methoxy groups -OCH3 is 1. The number of carbonyl (C=O) groups excluding carboxylic acids is 1. The molecule has 0 radical (unpaired) electrons. The maximum atomic E-state index is 11.2. The van der Waals surface area contributed by atoms with Crippen LogP contribution in [-0.4, -0.2) is 23.0 Å². The molecular formula is C10H10N2O4. The fraction of sp³-hybridized carbons (Fsp3) is 0.400. The van der Waals surface area contributed by atoms with Gasteiger partial charge in [-0.15, -0.1) is 0 Å². The molecule has 1 aromatic rings. The monoisotopic (exact) mass is 222 g/mol. The summed E-state index contributed by atoms with van der Waals surface area (Å²) in [4.78, 5) is 25.0. The van der Waals surface area contributed by atoms with Crippen molar-refractivity contribution in [3.8, 4) is 0 Å². The summed E-state index contributed by atoms with van der Waals surface area (Å²) < 4.78 is 4.61. The Labute approximate surface area is 91.4 Å². The number of esters is 1. The summed E-state index contributed by atoms with van der Waals surface area (Å²) in [7, 11) is 1.34. The molecule has 0 bridgehead atoms. The second-order valence-corrected chi connectivity index (χ2v) is 3.71. The Morgan fingerprint density at radius 3 is 3.00 bits per heavy atom.